The summed E-state index contributed by atoms with van der Waals surface area (Å²) in [4.78, 5) is 23.4. The molecule has 0 unspecified atom stereocenters. The molecule has 1 atom stereocenters. The van der Waals surface area contributed by atoms with Crippen LogP contribution >= 0.6 is 0 Å². The average molecular weight is 289 g/mol. The second-order valence-electron chi connectivity index (χ2n) is 4.83. The summed E-state index contributed by atoms with van der Waals surface area (Å²) in [6.07, 6.45) is 2.85. The third-order valence-corrected chi connectivity index (χ3v) is 3.39. The minimum atomic E-state index is -0.660. The van der Waals surface area contributed by atoms with Crippen molar-refractivity contribution >= 4 is 18.0 Å². The number of hydrazone groups is 1. The van der Waals surface area contributed by atoms with Gasteiger partial charge in [0.1, 0.15) is 5.92 Å². The van der Waals surface area contributed by atoms with Crippen molar-refractivity contribution in [3.05, 3.63) is 23.8 Å². The number of carbonyl (C=O) groups is 2. The first kappa shape index (κ1) is 13.4. The molecule has 0 spiro atoms. The lowest BCUT2D eigenvalue weighted by atomic mass is 9.98. The topological polar surface area (TPSA) is 89.0 Å². The zero-order valence-corrected chi connectivity index (χ0v) is 11.3. The number of ether oxygens (including phenoxy) is 2. The molecule has 7 heteroatoms. The van der Waals surface area contributed by atoms with E-state index in [0.29, 0.717) is 24.5 Å². The number of nitrogens with zero attached hydrogens (tertiary/aromatic N) is 1. The van der Waals surface area contributed by atoms with Gasteiger partial charge in [-0.25, -0.2) is 5.43 Å². The van der Waals surface area contributed by atoms with Crippen LogP contribution in [0.2, 0.25) is 0 Å². The third kappa shape index (κ3) is 2.96. The molecule has 2 heterocycles. The Bertz CT molecular complexity index is 600. The molecule has 0 aliphatic carbocycles. The minimum absolute atomic E-state index is 0.212. The smallest absolute Gasteiger partial charge is 0.252 e. The van der Waals surface area contributed by atoms with Crippen molar-refractivity contribution in [2.75, 3.05) is 13.3 Å². The predicted octanol–water partition coefficient (Wildman–Crippen LogP) is 0.392. The van der Waals surface area contributed by atoms with Crippen molar-refractivity contribution in [1.29, 1.82) is 0 Å². The van der Waals surface area contributed by atoms with Crippen LogP contribution in [-0.2, 0) is 9.59 Å². The summed E-state index contributed by atoms with van der Waals surface area (Å²) in [6.45, 7) is 0.840. The van der Waals surface area contributed by atoms with Crippen LogP contribution in [0.15, 0.2) is 23.3 Å². The predicted molar refractivity (Wildman–Crippen MR) is 74.0 cm³/mol. The first-order valence-electron chi connectivity index (χ1n) is 6.74. The Hall–Kier alpha value is -2.57. The molecule has 7 nitrogen and oxygen atoms in total. The van der Waals surface area contributed by atoms with Crippen LogP contribution in [0, 0.1) is 5.92 Å². The number of carbonyl (C=O) groups excluding carboxylic acids is 2. The minimum Gasteiger partial charge on any atom is -0.454 e. The van der Waals surface area contributed by atoms with Gasteiger partial charge in [0.25, 0.3) is 5.91 Å². The largest absolute Gasteiger partial charge is 0.454 e. The Morgan fingerprint density at radius 2 is 2.24 bits per heavy atom. The van der Waals surface area contributed by atoms with E-state index in [-0.39, 0.29) is 18.6 Å². The van der Waals surface area contributed by atoms with Crippen LogP contribution in [0.1, 0.15) is 18.4 Å². The van der Waals surface area contributed by atoms with E-state index in [1.165, 1.54) is 6.21 Å². The molecular formula is C14H15N3O4. The lowest BCUT2D eigenvalue weighted by Crippen LogP contribution is -2.43. The molecule has 1 aromatic rings. The van der Waals surface area contributed by atoms with Crippen LogP contribution in [0.4, 0.5) is 0 Å². The molecule has 1 saturated heterocycles. The zero-order valence-electron chi connectivity index (χ0n) is 11.3. The van der Waals surface area contributed by atoms with Crippen LogP contribution in [0.3, 0.4) is 0 Å². The van der Waals surface area contributed by atoms with E-state index in [9.17, 15) is 9.59 Å². The summed E-state index contributed by atoms with van der Waals surface area (Å²) >= 11 is 0. The summed E-state index contributed by atoms with van der Waals surface area (Å²) in [5.74, 6) is 0.0564. The maximum Gasteiger partial charge on any atom is 0.252 e. The molecule has 0 bridgehead atoms. The molecule has 21 heavy (non-hydrogen) atoms. The Balaban J connectivity index is 1.59. The van der Waals surface area contributed by atoms with Gasteiger partial charge in [-0.05, 0) is 36.6 Å². The van der Waals surface area contributed by atoms with E-state index in [1.807, 2.05) is 0 Å². The summed E-state index contributed by atoms with van der Waals surface area (Å²) in [5, 5.41) is 6.54. The first-order valence-corrected chi connectivity index (χ1v) is 6.74. The van der Waals surface area contributed by atoms with Crippen LogP contribution < -0.4 is 20.2 Å². The zero-order chi connectivity index (χ0) is 14.7. The van der Waals surface area contributed by atoms with Crippen LogP contribution in [0.25, 0.3) is 0 Å². The molecule has 0 radical (unpaired) electrons. The highest BCUT2D eigenvalue weighted by Crippen LogP contribution is 2.31. The van der Waals surface area contributed by atoms with E-state index in [2.05, 4.69) is 15.8 Å². The van der Waals surface area contributed by atoms with Gasteiger partial charge in [-0.3, -0.25) is 9.59 Å². The van der Waals surface area contributed by atoms with Gasteiger partial charge >= 0.3 is 0 Å². The average Bonchev–Trinajstić information content (AvgIpc) is 2.95. The molecule has 0 aromatic heterocycles. The number of piperidine rings is 1. The lowest BCUT2D eigenvalue weighted by molar-refractivity contribution is -0.136. The lowest BCUT2D eigenvalue weighted by Gasteiger charge is -2.19. The summed E-state index contributed by atoms with van der Waals surface area (Å²) in [6, 6.07) is 5.35. The van der Waals surface area contributed by atoms with E-state index in [0.717, 1.165) is 12.0 Å². The number of nitrogens with one attached hydrogen (secondary N) is 2. The fraction of sp³-hybridized carbons (Fsp3) is 0.357. The fourth-order valence-electron chi connectivity index (χ4n) is 2.26. The molecule has 3 rings (SSSR count). The standard InChI is InChI=1S/C14H15N3O4/c18-13-10(2-1-5-15-13)14(19)17-16-7-9-3-4-11-12(6-9)21-8-20-11/h3-4,6-7,10H,1-2,5,8H2,(H,15,18)(H,17,19)/t10-/m1/s1. The molecule has 2 amide bonds. The number of amides is 2. The van der Waals surface area contributed by atoms with Gasteiger partial charge in [-0.2, -0.15) is 5.10 Å². The highest BCUT2D eigenvalue weighted by atomic mass is 16.7. The molecular weight excluding hydrogens is 274 g/mol. The van der Waals surface area contributed by atoms with Gasteiger partial charge in [0.2, 0.25) is 12.7 Å². The second kappa shape index (κ2) is 5.82. The number of benzene rings is 1. The van der Waals surface area contributed by atoms with Crippen molar-refractivity contribution in [3.8, 4) is 11.5 Å². The maximum absolute atomic E-state index is 11.9. The fourth-order valence-corrected chi connectivity index (χ4v) is 2.26. The van der Waals surface area contributed by atoms with Crippen molar-refractivity contribution in [3.63, 3.8) is 0 Å². The van der Waals surface area contributed by atoms with E-state index in [4.69, 9.17) is 9.47 Å². The van der Waals surface area contributed by atoms with E-state index in [1.54, 1.807) is 18.2 Å². The quantitative estimate of drug-likeness (QED) is 0.478. The highest BCUT2D eigenvalue weighted by Gasteiger charge is 2.28. The SMILES string of the molecule is O=C1NCCC[C@H]1C(=O)NN=Cc1ccc2c(c1)OCO2. The van der Waals surface area contributed by atoms with Gasteiger partial charge in [-0.15, -0.1) is 0 Å². The maximum atomic E-state index is 11.9. The Kier molecular flexibility index (Phi) is 3.72. The second-order valence-corrected chi connectivity index (χ2v) is 4.83. The molecule has 110 valence electrons. The third-order valence-electron chi connectivity index (χ3n) is 3.39. The number of hydrogen-bond acceptors (Lipinski definition) is 5. The normalized spacial score (nSPS) is 20.4. The Morgan fingerprint density at radius 1 is 1.38 bits per heavy atom. The summed E-state index contributed by atoms with van der Waals surface area (Å²) in [5.41, 5.74) is 3.17. The Labute approximate surface area is 121 Å². The van der Waals surface area contributed by atoms with Crippen molar-refractivity contribution in [2.45, 2.75) is 12.8 Å². The van der Waals surface area contributed by atoms with Crippen molar-refractivity contribution < 1.29 is 19.1 Å². The van der Waals surface area contributed by atoms with Crippen molar-refractivity contribution in [2.24, 2.45) is 11.0 Å². The van der Waals surface area contributed by atoms with Gasteiger partial charge in [0.05, 0.1) is 6.21 Å². The first-order chi connectivity index (χ1) is 10.2. The number of rotatable bonds is 3. The molecule has 0 saturated carbocycles. The molecule has 2 aliphatic heterocycles. The molecule has 2 aliphatic rings. The molecule has 1 aromatic carbocycles. The van der Waals surface area contributed by atoms with Gasteiger partial charge in [0.15, 0.2) is 11.5 Å². The Morgan fingerprint density at radius 3 is 3.10 bits per heavy atom. The number of hydrogen-bond donors (Lipinski definition) is 2. The monoisotopic (exact) mass is 289 g/mol. The summed E-state index contributed by atoms with van der Waals surface area (Å²) < 4.78 is 10.5. The van der Waals surface area contributed by atoms with Gasteiger partial charge < -0.3 is 14.8 Å². The van der Waals surface area contributed by atoms with Gasteiger partial charge in [-0.1, -0.05) is 0 Å². The van der Waals surface area contributed by atoms with Crippen LogP contribution in [-0.4, -0.2) is 31.4 Å². The number of fused-ring (bicyclic) bond motifs is 1. The molecule has 1 fully saturated rings. The highest BCUT2D eigenvalue weighted by molar-refractivity contribution is 6.00. The van der Waals surface area contributed by atoms with Gasteiger partial charge in [0, 0.05) is 6.54 Å². The summed E-state index contributed by atoms with van der Waals surface area (Å²) in [7, 11) is 0. The van der Waals surface area contributed by atoms with Crippen LogP contribution in [0.5, 0.6) is 11.5 Å². The van der Waals surface area contributed by atoms with Crippen molar-refractivity contribution in [1.82, 2.24) is 10.7 Å². The molecule has 2 N–H and O–H groups in total. The van der Waals surface area contributed by atoms with E-state index >= 15 is 0 Å². The van der Waals surface area contributed by atoms with E-state index < -0.39 is 5.92 Å².